The van der Waals surface area contributed by atoms with Gasteiger partial charge < -0.3 is 10.6 Å². The second-order valence-corrected chi connectivity index (χ2v) is 9.21. The topological polar surface area (TPSA) is 61.4 Å². The monoisotopic (exact) mass is 469 g/mol. The van der Waals surface area contributed by atoms with E-state index in [1.165, 1.54) is 16.2 Å². The summed E-state index contributed by atoms with van der Waals surface area (Å²) in [6.07, 6.45) is 0. The van der Waals surface area contributed by atoms with Crippen molar-refractivity contribution in [2.45, 2.75) is 39.8 Å². The summed E-state index contributed by atoms with van der Waals surface area (Å²) < 4.78 is 0. The summed E-state index contributed by atoms with van der Waals surface area (Å²) in [7, 11) is 0. The van der Waals surface area contributed by atoms with E-state index in [4.69, 9.17) is 23.2 Å². The number of carbonyl (C=O) groups excluding carboxylic acids is 2. The third-order valence-corrected chi connectivity index (χ3v) is 6.40. The average molecular weight is 470 g/mol. The highest BCUT2D eigenvalue weighted by molar-refractivity contribution is 7.10. The van der Waals surface area contributed by atoms with Crippen molar-refractivity contribution in [2.24, 2.45) is 5.92 Å². The second kappa shape index (κ2) is 11.7. The summed E-state index contributed by atoms with van der Waals surface area (Å²) in [5.74, 6) is -0.319. The molecular weight excluding hydrogens is 441 g/mol. The molecule has 0 bridgehead atoms. The molecule has 1 aromatic carbocycles. The average Bonchev–Trinajstić information content (AvgIpc) is 3.23. The van der Waals surface area contributed by atoms with Crippen LogP contribution >= 0.6 is 34.5 Å². The largest absolute Gasteiger partial charge is 0.353 e. The van der Waals surface area contributed by atoms with Gasteiger partial charge in [-0.1, -0.05) is 31.5 Å². The molecule has 8 heteroatoms. The quantitative estimate of drug-likeness (QED) is 0.388. The van der Waals surface area contributed by atoms with Gasteiger partial charge in [-0.3, -0.25) is 14.5 Å². The Labute approximate surface area is 192 Å². The molecule has 1 heterocycles. The van der Waals surface area contributed by atoms with Crippen LogP contribution < -0.4 is 15.5 Å². The SMILES string of the molecule is Cc1cc(Cl)ccc1N(C(=O)CCl)C(C(=O)NCCNC(C)C(C)C)c1cccs1. The van der Waals surface area contributed by atoms with Gasteiger partial charge in [-0.2, -0.15) is 0 Å². The van der Waals surface area contributed by atoms with Gasteiger partial charge >= 0.3 is 0 Å². The number of anilines is 1. The highest BCUT2D eigenvalue weighted by Crippen LogP contribution is 2.33. The Morgan fingerprint density at radius 2 is 1.90 bits per heavy atom. The van der Waals surface area contributed by atoms with E-state index in [1.54, 1.807) is 18.2 Å². The Kier molecular flexibility index (Phi) is 9.62. The van der Waals surface area contributed by atoms with Crippen LogP contribution in [-0.4, -0.2) is 36.8 Å². The number of carbonyl (C=O) groups is 2. The lowest BCUT2D eigenvalue weighted by molar-refractivity contribution is -0.125. The van der Waals surface area contributed by atoms with Crippen molar-refractivity contribution < 1.29 is 9.59 Å². The summed E-state index contributed by atoms with van der Waals surface area (Å²) in [6, 6.07) is 8.49. The Morgan fingerprint density at radius 1 is 1.17 bits per heavy atom. The Bertz CT molecular complexity index is 843. The number of nitrogens with one attached hydrogen (secondary N) is 2. The molecule has 2 aromatic rings. The van der Waals surface area contributed by atoms with Crippen LogP contribution in [0.2, 0.25) is 5.02 Å². The van der Waals surface area contributed by atoms with Crippen LogP contribution in [0.15, 0.2) is 35.7 Å². The molecule has 0 saturated carbocycles. The molecule has 0 radical (unpaired) electrons. The molecule has 0 saturated heterocycles. The number of hydrogen-bond acceptors (Lipinski definition) is 4. The van der Waals surface area contributed by atoms with Crippen molar-refractivity contribution in [2.75, 3.05) is 23.9 Å². The Balaban J connectivity index is 2.29. The summed E-state index contributed by atoms with van der Waals surface area (Å²) in [4.78, 5) is 28.3. The molecule has 2 atom stereocenters. The predicted octanol–water partition coefficient (Wildman–Crippen LogP) is 4.77. The van der Waals surface area contributed by atoms with Crippen molar-refractivity contribution in [3.63, 3.8) is 0 Å². The Morgan fingerprint density at radius 3 is 2.47 bits per heavy atom. The lowest BCUT2D eigenvalue weighted by Crippen LogP contribution is -2.46. The molecule has 5 nitrogen and oxygen atoms in total. The molecule has 2 N–H and O–H groups in total. The van der Waals surface area contributed by atoms with Gasteiger partial charge in [-0.25, -0.2) is 0 Å². The number of amides is 2. The van der Waals surface area contributed by atoms with Crippen LogP contribution in [0.3, 0.4) is 0 Å². The predicted molar refractivity (Wildman–Crippen MR) is 127 cm³/mol. The zero-order valence-corrected chi connectivity index (χ0v) is 20.1. The van der Waals surface area contributed by atoms with Crippen LogP contribution in [0.1, 0.15) is 37.3 Å². The molecule has 0 aliphatic carbocycles. The summed E-state index contributed by atoms with van der Waals surface area (Å²) in [5.41, 5.74) is 1.41. The number of benzene rings is 1. The number of hydrogen-bond donors (Lipinski definition) is 2. The number of rotatable bonds is 10. The normalized spacial score (nSPS) is 13.2. The zero-order chi connectivity index (χ0) is 22.3. The number of aryl methyl sites for hydroxylation is 1. The van der Waals surface area contributed by atoms with E-state index in [1.807, 2.05) is 24.4 Å². The van der Waals surface area contributed by atoms with E-state index in [0.29, 0.717) is 35.8 Å². The molecule has 0 spiro atoms. The van der Waals surface area contributed by atoms with Gasteiger partial charge in [0.05, 0.1) is 0 Å². The molecule has 2 unspecified atom stereocenters. The maximum atomic E-state index is 13.2. The van der Waals surface area contributed by atoms with Gasteiger partial charge in [0.1, 0.15) is 11.9 Å². The maximum Gasteiger partial charge on any atom is 0.248 e. The van der Waals surface area contributed by atoms with Crippen molar-refractivity contribution in [1.82, 2.24) is 10.6 Å². The van der Waals surface area contributed by atoms with E-state index >= 15 is 0 Å². The summed E-state index contributed by atoms with van der Waals surface area (Å²) >= 11 is 13.4. The van der Waals surface area contributed by atoms with Crippen LogP contribution in [0.4, 0.5) is 5.69 Å². The van der Waals surface area contributed by atoms with Crippen molar-refractivity contribution in [3.05, 3.63) is 51.2 Å². The number of halogens is 2. The first-order chi connectivity index (χ1) is 14.3. The highest BCUT2D eigenvalue weighted by atomic mass is 35.5. The standard InChI is InChI=1S/C22H29Cl2N3O2S/c1-14(2)16(4)25-9-10-26-22(29)21(19-6-5-11-30-19)27(20(28)13-23)18-8-7-17(24)12-15(18)3/h5-8,11-12,14,16,21,25H,9-10,13H2,1-4H3,(H,26,29). The van der Waals surface area contributed by atoms with Gasteiger partial charge in [0.25, 0.3) is 0 Å². The van der Waals surface area contributed by atoms with Crippen LogP contribution in [0.25, 0.3) is 0 Å². The fourth-order valence-corrected chi connectivity index (χ4v) is 4.18. The molecule has 0 aliphatic rings. The third-order valence-electron chi connectivity index (χ3n) is 5.01. The van der Waals surface area contributed by atoms with E-state index in [2.05, 4.69) is 31.4 Å². The van der Waals surface area contributed by atoms with E-state index in [-0.39, 0.29) is 17.7 Å². The second-order valence-electron chi connectivity index (χ2n) is 7.52. The van der Waals surface area contributed by atoms with Crippen molar-refractivity contribution in [1.29, 1.82) is 0 Å². The highest BCUT2D eigenvalue weighted by Gasteiger charge is 2.33. The molecule has 0 fully saturated rings. The maximum absolute atomic E-state index is 13.2. The molecule has 30 heavy (non-hydrogen) atoms. The van der Waals surface area contributed by atoms with E-state index in [0.717, 1.165) is 10.4 Å². The first kappa shape index (κ1) is 24.7. The number of thiophene rings is 1. The van der Waals surface area contributed by atoms with Gasteiger partial charge in [-0.15, -0.1) is 22.9 Å². The molecule has 2 amide bonds. The fourth-order valence-electron chi connectivity index (χ4n) is 3.01. The summed E-state index contributed by atoms with van der Waals surface area (Å²) in [6.45, 7) is 9.37. The minimum atomic E-state index is -0.807. The number of nitrogens with zero attached hydrogens (tertiary/aromatic N) is 1. The van der Waals surface area contributed by atoms with Gasteiger partial charge in [-0.05, 0) is 55.0 Å². The van der Waals surface area contributed by atoms with Crippen molar-refractivity contribution >= 4 is 52.0 Å². The Hall–Kier alpha value is -1.60. The first-order valence-corrected chi connectivity index (χ1v) is 11.7. The molecule has 1 aromatic heterocycles. The van der Waals surface area contributed by atoms with Gasteiger partial charge in [0.15, 0.2) is 0 Å². The van der Waals surface area contributed by atoms with Gasteiger partial charge in [0, 0.05) is 34.7 Å². The van der Waals surface area contributed by atoms with Crippen LogP contribution in [0, 0.1) is 12.8 Å². The summed E-state index contributed by atoms with van der Waals surface area (Å²) in [5, 5.41) is 8.82. The smallest absolute Gasteiger partial charge is 0.248 e. The molecule has 0 aliphatic heterocycles. The minimum absolute atomic E-state index is 0.231. The first-order valence-electron chi connectivity index (χ1n) is 9.95. The van der Waals surface area contributed by atoms with Crippen LogP contribution in [-0.2, 0) is 9.59 Å². The zero-order valence-electron chi connectivity index (χ0n) is 17.7. The molecule has 2 rings (SSSR count). The molecular formula is C22H29Cl2N3O2S. The lowest BCUT2D eigenvalue weighted by Gasteiger charge is -2.31. The molecule has 164 valence electrons. The third kappa shape index (κ3) is 6.45. The van der Waals surface area contributed by atoms with Crippen LogP contribution in [0.5, 0.6) is 0 Å². The minimum Gasteiger partial charge on any atom is -0.353 e. The van der Waals surface area contributed by atoms with E-state index in [9.17, 15) is 9.59 Å². The van der Waals surface area contributed by atoms with E-state index < -0.39 is 6.04 Å². The fraction of sp³-hybridized carbons (Fsp3) is 0.455. The van der Waals surface area contributed by atoms with Gasteiger partial charge in [0.2, 0.25) is 11.8 Å². The number of alkyl halides is 1. The van der Waals surface area contributed by atoms with Crippen molar-refractivity contribution in [3.8, 4) is 0 Å². The lowest BCUT2D eigenvalue weighted by atomic mass is 10.1.